The van der Waals surface area contributed by atoms with E-state index in [0.29, 0.717) is 23.6 Å². The molecule has 0 saturated carbocycles. The van der Waals surface area contributed by atoms with Crippen molar-refractivity contribution >= 4 is 28.8 Å². The Balaban J connectivity index is 1.54. The topological polar surface area (TPSA) is 107 Å². The van der Waals surface area contributed by atoms with Gasteiger partial charge in [-0.1, -0.05) is 19.4 Å². The molecule has 2 aliphatic heterocycles. The number of hydrazone groups is 1. The van der Waals surface area contributed by atoms with Gasteiger partial charge in [0, 0.05) is 16.6 Å². The number of nitrogens with zero attached hydrogens (tertiary/aromatic N) is 3. The highest BCUT2D eigenvalue weighted by atomic mass is 32.1. The summed E-state index contributed by atoms with van der Waals surface area (Å²) >= 11 is 1.37. The first kappa shape index (κ1) is 22.4. The minimum atomic E-state index is -4.55. The van der Waals surface area contributed by atoms with Crippen LogP contribution in [0.5, 0.6) is 0 Å². The summed E-state index contributed by atoms with van der Waals surface area (Å²) in [5.74, 6) is -0.304. The van der Waals surface area contributed by atoms with E-state index >= 15 is 0 Å². The third kappa shape index (κ3) is 3.71. The van der Waals surface area contributed by atoms with Crippen molar-refractivity contribution in [2.75, 3.05) is 5.32 Å². The molecule has 4 heterocycles. The molecule has 34 heavy (non-hydrogen) atoms. The second-order valence-electron chi connectivity index (χ2n) is 8.32. The summed E-state index contributed by atoms with van der Waals surface area (Å²) in [5.41, 5.74) is 7.38. The molecule has 2 aromatic rings. The molecule has 0 fully saturated rings. The first-order valence-electron chi connectivity index (χ1n) is 10.8. The summed E-state index contributed by atoms with van der Waals surface area (Å²) in [5, 5.41) is 17.9. The van der Waals surface area contributed by atoms with Crippen LogP contribution in [0.25, 0.3) is 0 Å². The van der Waals surface area contributed by atoms with Crippen LogP contribution in [0.1, 0.15) is 44.0 Å². The highest BCUT2D eigenvalue weighted by Gasteiger charge is 2.45. The number of thiazole rings is 1. The van der Waals surface area contributed by atoms with Crippen molar-refractivity contribution in [3.05, 3.63) is 62.9 Å². The molecule has 0 saturated heterocycles. The molecule has 0 radical (unpaired) electrons. The van der Waals surface area contributed by atoms with Crippen LogP contribution in [-0.4, -0.2) is 32.8 Å². The van der Waals surface area contributed by atoms with Crippen molar-refractivity contribution in [1.29, 1.82) is 0 Å². The van der Waals surface area contributed by atoms with Crippen molar-refractivity contribution < 1.29 is 18.0 Å². The average Bonchev–Trinajstić information content (AvgIpc) is 3.55. The number of alkyl halides is 3. The summed E-state index contributed by atoms with van der Waals surface area (Å²) in [6.07, 6.45) is 1.74. The van der Waals surface area contributed by atoms with Gasteiger partial charge >= 0.3 is 6.18 Å². The number of carbonyl (C=O) groups is 1. The van der Waals surface area contributed by atoms with E-state index in [2.05, 4.69) is 36.3 Å². The number of rotatable bonds is 5. The molecule has 0 spiro atoms. The number of allylic oxidation sites excluding steroid dienone is 2. The van der Waals surface area contributed by atoms with Crippen LogP contribution in [0.15, 0.2) is 56.8 Å². The summed E-state index contributed by atoms with van der Waals surface area (Å²) in [4.78, 5) is 17.1. The van der Waals surface area contributed by atoms with Crippen LogP contribution in [0.3, 0.4) is 0 Å². The lowest BCUT2D eigenvalue weighted by atomic mass is 9.74. The lowest BCUT2D eigenvalue weighted by Crippen LogP contribution is -2.41. The largest absolute Gasteiger partial charge is 0.433 e. The second-order valence-corrected chi connectivity index (χ2v) is 9.04. The predicted octanol–water partition coefficient (Wildman–Crippen LogP) is 4.05. The van der Waals surface area contributed by atoms with Gasteiger partial charge in [-0.2, -0.15) is 23.4 Å². The van der Waals surface area contributed by atoms with E-state index in [-0.39, 0.29) is 23.4 Å². The van der Waals surface area contributed by atoms with Crippen LogP contribution < -0.4 is 16.1 Å². The smallest absolute Gasteiger partial charge is 0.374 e. The number of fused-ring (bicyclic) bond motifs is 2. The van der Waals surface area contributed by atoms with Crippen LogP contribution in [0, 0.1) is 5.92 Å². The van der Waals surface area contributed by atoms with Gasteiger partial charge in [0.25, 0.3) is 5.91 Å². The normalized spacial score (nSPS) is 23.8. The van der Waals surface area contributed by atoms with Gasteiger partial charge in [0.2, 0.25) is 0 Å². The number of anilines is 1. The Kier molecular flexibility index (Phi) is 5.54. The van der Waals surface area contributed by atoms with E-state index in [1.807, 2.05) is 26.0 Å². The number of hydrogen-bond donors (Lipinski definition) is 4. The van der Waals surface area contributed by atoms with E-state index in [1.54, 1.807) is 10.9 Å². The lowest BCUT2D eigenvalue weighted by molar-refractivity contribution is -0.142. The van der Waals surface area contributed by atoms with Gasteiger partial charge in [-0.05, 0) is 36.1 Å². The fourth-order valence-corrected chi connectivity index (χ4v) is 5.32. The summed E-state index contributed by atoms with van der Waals surface area (Å²) in [7, 11) is 0. The maximum atomic E-state index is 13.6. The molecule has 3 atom stereocenters. The highest BCUT2D eigenvalue weighted by molar-refractivity contribution is 7.07. The van der Waals surface area contributed by atoms with Crippen LogP contribution in [0.2, 0.25) is 0 Å². The second kappa shape index (κ2) is 8.42. The average molecular weight is 490 g/mol. The van der Waals surface area contributed by atoms with Crippen LogP contribution in [0.4, 0.5) is 19.0 Å². The zero-order valence-electron chi connectivity index (χ0n) is 18.3. The van der Waals surface area contributed by atoms with Crippen molar-refractivity contribution in [3.63, 3.8) is 0 Å². The number of carbonyl (C=O) groups excluding carboxylic acids is 1. The predicted molar refractivity (Wildman–Crippen MR) is 122 cm³/mol. The molecule has 3 aliphatic rings. The van der Waals surface area contributed by atoms with Crippen molar-refractivity contribution in [3.8, 4) is 0 Å². The van der Waals surface area contributed by atoms with Gasteiger partial charge in [0.15, 0.2) is 0 Å². The van der Waals surface area contributed by atoms with Crippen molar-refractivity contribution in [2.24, 2.45) is 11.0 Å². The number of dihydropyridines is 1. The van der Waals surface area contributed by atoms with E-state index in [0.717, 1.165) is 23.1 Å². The molecule has 8 nitrogen and oxygen atoms in total. The van der Waals surface area contributed by atoms with Crippen molar-refractivity contribution in [1.82, 2.24) is 25.9 Å². The Morgan fingerprint density at radius 1 is 1.32 bits per heavy atom. The monoisotopic (exact) mass is 489 g/mol. The Bertz CT molecular complexity index is 1240. The van der Waals surface area contributed by atoms with Crippen LogP contribution in [-0.2, 0) is 11.0 Å². The van der Waals surface area contributed by atoms with E-state index in [9.17, 15) is 18.0 Å². The SMILES string of the molecule is CCCC1=C(C)C2=C(C=CC3NN=C(C(=O)Nc4cscn4)C23)NC1c1cn[nH]c1C(F)(F)F. The van der Waals surface area contributed by atoms with Gasteiger partial charge < -0.3 is 16.1 Å². The lowest BCUT2D eigenvalue weighted by Gasteiger charge is -2.37. The fourth-order valence-electron chi connectivity index (χ4n) is 4.83. The standard InChI is InChI=1S/C22H22F3N7OS/c1-3-4-11-10(2)16-13(28-18(11)12-7-27-32-20(12)22(23,24)25)5-6-14-17(16)19(31-30-14)21(33)29-15-8-34-9-26-15/h5-9,14,17-18,28,30H,3-4H2,1-2H3,(H,27,32)(H,29,33). The molecule has 0 aromatic carbocycles. The molecule has 0 bridgehead atoms. The maximum Gasteiger partial charge on any atom is 0.433 e. The first-order chi connectivity index (χ1) is 16.3. The molecule has 4 N–H and O–H groups in total. The Morgan fingerprint density at radius 2 is 2.15 bits per heavy atom. The minimum absolute atomic E-state index is 0.0529. The van der Waals surface area contributed by atoms with Gasteiger partial charge in [0.05, 0.1) is 29.7 Å². The zero-order chi connectivity index (χ0) is 24.0. The molecule has 178 valence electrons. The Labute approximate surface area is 197 Å². The number of aromatic amines is 1. The summed E-state index contributed by atoms with van der Waals surface area (Å²) < 4.78 is 40.9. The van der Waals surface area contributed by atoms with E-state index in [1.165, 1.54) is 17.5 Å². The van der Waals surface area contributed by atoms with Crippen molar-refractivity contribution in [2.45, 2.75) is 44.9 Å². The minimum Gasteiger partial charge on any atom is -0.374 e. The maximum absolute atomic E-state index is 13.6. The van der Waals surface area contributed by atoms with Gasteiger partial charge in [-0.25, -0.2) is 4.98 Å². The molecular weight excluding hydrogens is 467 g/mol. The number of nitrogens with one attached hydrogen (secondary N) is 4. The van der Waals surface area contributed by atoms with E-state index < -0.39 is 17.9 Å². The highest BCUT2D eigenvalue weighted by Crippen LogP contribution is 2.45. The Morgan fingerprint density at radius 3 is 2.85 bits per heavy atom. The number of H-pyrrole nitrogens is 1. The van der Waals surface area contributed by atoms with Gasteiger partial charge in [0.1, 0.15) is 17.2 Å². The number of aromatic nitrogens is 3. The fraction of sp³-hybridized carbons (Fsp3) is 0.364. The third-order valence-electron chi connectivity index (χ3n) is 6.28. The van der Waals surface area contributed by atoms with Crippen LogP contribution >= 0.6 is 11.3 Å². The summed E-state index contributed by atoms with van der Waals surface area (Å²) in [6, 6.07) is -0.917. The first-order valence-corrected chi connectivity index (χ1v) is 11.8. The number of halogens is 3. The molecule has 1 amide bonds. The number of amides is 1. The van der Waals surface area contributed by atoms with E-state index in [4.69, 9.17) is 0 Å². The third-order valence-corrected chi connectivity index (χ3v) is 6.87. The molecule has 2 aromatic heterocycles. The molecule has 12 heteroatoms. The quantitative estimate of drug-likeness (QED) is 0.507. The molecule has 1 aliphatic carbocycles. The van der Waals surface area contributed by atoms with Gasteiger partial charge in [-0.3, -0.25) is 9.89 Å². The van der Waals surface area contributed by atoms with Gasteiger partial charge in [-0.15, -0.1) is 11.3 Å². The zero-order valence-corrected chi connectivity index (χ0v) is 19.1. The molecular formula is C22H22F3N7OS. The number of hydrogen-bond acceptors (Lipinski definition) is 7. The Hall–Kier alpha value is -3.41. The summed E-state index contributed by atoms with van der Waals surface area (Å²) in [6.45, 7) is 3.89. The molecule has 5 rings (SSSR count). The molecule has 3 unspecified atom stereocenters.